The topological polar surface area (TPSA) is 92.9 Å². The van der Waals surface area contributed by atoms with Crippen molar-refractivity contribution in [2.45, 2.75) is 18.4 Å². The molecular weight excluding hydrogens is 461 g/mol. The van der Waals surface area contributed by atoms with E-state index in [-0.39, 0.29) is 23.6 Å². The Morgan fingerprint density at radius 1 is 1.26 bits per heavy atom. The van der Waals surface area contributed by atoms with Crippen molar-refractivity contribution >= 4 is 23.2 Å². The Bertz CT molecular complexity index is 1300. The van der Waals surface area contributed by atoms with Crippen LogP contribution in [0.3, 0.4) is 0 Å². The molecule has 9 heteroatoms. The van der Waals surface area contributed by atoms with Crippen LogP contribution in [0, 0.1) is 5.82 Å². The summed E-state index contributed by atoms with van der Waals surface area (Å²) in [4.78, 5) is 24.2. The first-order valence-corrected chi connectivity index (χ1v) is 11.1. The van der Waals surface area contributed by atoms with Crippen LogP contribution in [0.15, 0.2) is 70.7 Å². The van der Waals surface area contributed by atoms with E-state index in [1.807, 2.05) is 12.1 Å². The molecule has 4 rings (SSSR count). The maximum absolute atomic E-state index is 15.0. The lowest BCUT2D eigenvalue weighted by Crippen LogP contribution is -2.48. The Morgan fingerprint density at radius 2 is 2.03 bits per heavy atom. The van der Waals surface area contributed by atoms with Crippen LogP contribution in [0.2, 0.25) is 5.02 Å². The number of halogens is 2. The zero-order valence-electron chi connectivity index (χ0n) is 18.4. The second kappa shape index (κ2) is 10.2. The SMILES string of the molecule is Cn1cc(C(CC(c2ccc(C(=O)NC3COC3)c(F)c2)c2ccccc2Cl)=NO)ccc1=O. The summed E-state index contributed by atoms with van der Waals surface area (Å²) in [6.45, 7) is 0.822. The highest BCUT2D eigenvalue weighted by Gasteiger charge is 2.25. The number of hydrogen-bond acceptors (Lipinski definition) is 5. The van der Waals surface area contributed by atoms with Crippen LogP contribution in [0.25, 0.3) is 0 Å². The van der Waals surface area contributed by atoms with E-state index in [1.165, 1.54) is 22.8 Å². The number of oxime groups is 1. The van der Waals surface area contributed by atoms with E-state index in [4.69, 9.17) is 16.3 Å². The lowest BCUT2D eigenvalue weighted by molar-refractivity contribution is -0.00353. The molecule has 0 bridgehead atoms. The van der Waals surface area contributed by atoms with Crippen LogP contribution >= 0.6 is 11.6 Å². The van der Waals surface area contributed by atoms with Gasteiger partial charge in [0.15, 0.2) is 0 Å². The van der Waals surface area contributed by atoms with Crippen molar-refractivity contribution in [2.75, 3.05) is 13.2 Å². The Hall–Kier alpha value is -3.49. The molecule has 1 unspecified atom stereocenters. The summed E-state index contributed by atoms with van der Waals surface area (Å²) >= 11 is 6.47. The normalized spacial score (nSPS) is 15.0. The largest absolute Gasteiger partial charge is 0.411 e. The fraction of sp³-hybridized carbons (Fsp3) is 0.240. The third kappa shape index (κ3) is 5.03. The number of carbonyl (C=O) groups excluding carboxylic acids is 1. The monoisotopic (exact) mass is 483 g/mol. The van der Waals surface area contributed by atoms with Crippen LogP contribution < -0.4 is 10.9 Å². The van der Waals surface area contributed by atoms with E-state index in [0.29, 0.717) is 40.6 Å². The van der Waals surface area contributed by atoms with E-state index in [1.54, 1.807) is 37.5 Å². The number of carbonyl (C=O) groups is 1. The number of aromatic nitrogens is 1. The van der Waals surface area contributed by atoms with E-state index in [0.717, 1.165) is 0 Å². The Labute approximate surface area is 200 Å². The minimum absolute atomic E-state index is 0.0670. The van der Waals surface area contributed by atoms with Crippen LogP contribution in [0.4, 0.5) is 4.39 Å². The van der Waals surface area contributed by atoms with Gasteiger partial charge in [-0.15, -0.1) is 0 Å². The molecule has 2 aromatic carbocycles. The lowest BCUT2D eigenvalue weighted by Gasteiger charge is -2.27. The Morgan fingerprint density at radius 3 is 2.65 bits per heavy atom. The molecule has 2 N–H and O–H groups in total. The molecule has 1 fully saturated rings. The van der Waals surface area contributed by atoms with Gasteiger partial charge in [0.2, 0.25) is 5.56 Å². The molecule has 0 aliphatic carbocycles. The maximum atomic E-state index is 15.0. The van der Waals surface area contributed by atoms with Crippen LogP contribution in [0.5, 0.6) is 0 Å². The number of rotatable bonds is 7. The highest BCUT2D eigenvalue weighted by atomic mass is 35.5. The van der Waals surface area contributed by atoms with Crippen molar-refractivity contribution in [3.05, 3.63) is 104 Å². The molecule has 1 aromatic heterocycles. The van der Waals surface area contributed by atoms with E-state index in [2.05, 4.69) is 10.5 Å². The average molecular weight is 484 g/mol. The van der Waals surface area contributed by atoms with Crippen molar-refractivity contribution in [3.8, 4) is 0 Å². The summed E-state index contributed by atoms with van der Waals surface area (Å²) in [6, 6.07) is 14.4. The zero-order chi connectivity index (χ0) is 24.2. The number of pyridine rings is 1. The first-order chi connectivity index (χ1) is 16.4. The van der Waals surface area contributed by atoms with Gasteiger partial charge in [-0.3, -0.25) is 9.59 Å². The van der Waals surface area contributed by atoms with Gasteiger partial charge in [0, 0.05) is 42.2 Å². The van der Waals surface area contributed by atoms with Crippen LogP contribution in [0.1, 0.15) is 39.4 Å². The minimum atomic E-state index is -0.670. The molecular formula is C25H23ClFN3O4. The molecule has 1 aliphatic rings. The maximum Gasteiger partial charge on any atom is 0.254 e. The quantitative estimate of drug-likeness (QED) is 0.304. The summed E-state index contributed by atoms with van der Waals surface area (Å²) < 4.78 is 21.5. The summed E-state index contributed by atoms with van der Waals surface area (Å²) in [5, 5.41) is 16.4. The van der Waals surface area contributed by atoms with Gasteiger partial charge in [-0.25, -0.2) is 4.39 Å². The second-order valence-electron chi connectivity index (χ2n) is 8.14. The predicted octanol–water partition coefficient (Wildman–Crippen LogP) is 3.71. The highest BCUT2D eigenvalue weighted by Crippen LogP contribution is 2.35. The van der Waals surface area contributed by atoms with Gasteiger partial charge in [0.05, 0.1) is 30.5 Å². The zero-order valence-corrected chi connectivity index (χ0v) is 19.1. The molecule has 2 heterocycles. The molecule has 1 amide bonds. The number of benzene rings is 2. The average Bonchev–Trinajstić information content (AvgIpc) is 2.79. The fourth-order valence-corrected chi connectivity index (χ4v) is 4.12. The summed E-state index contributed by atoms with van der Waals surface area (Å²) in [7, 11) is 1.60. The molecule has 0 saturated carbocycles. The van der Waals surface area contributed by atoms with Gasteiger partial charge in [-0.2, -0.15) is 0 Å². The van der Waals surface area contributed by atoms with E-state index < -0.39 is 17.6 Å². The van der Waals surface area contributed by atoms with E-state index >= 15 is 4.39 Å². The first-order valence-electron chi connectivity index (χ1n) is 10.7. The molecule has 0 radical (unpaired) electrons. The molecule has 1 saturated heterocycles. The van der Waals surface area contributed by atoms with Crippen molar-refractivity contribution in [3.63, 3.8) is 0 Å². The van der Waals surface area contributed by atoms with Gasteiger partial charge in [-0.05, 0) is 35.4 Å². The number of hydrogen-bond donors (Lipinski definition) is 2. The molecule has 1 aliphatic heterocycles. The van der Waals surface area contributed by atoms with Gasteiger partial charge in [0.25, 0.3) is 5.91 Å². The fourth-order valence-electron chi connectivity index (χ4n) is 3.85. The smallest absolute Gasteiger partial charge is 0.254 e. The second-order valence-corrected chi connectivity index (χ2v) is 8.55. The summed E-state index contributed by atoms with van der Waals surface area (Å²) in [6.07, 6.45) is 1.74. The molecule has 176 valence electrons. The van der Waals surface area contributed by atoms with Crippen molar-refractivity contribution < 1.29 is 19.1 Å². The van der Waals surface area contributed by atoms with Crippen molar-refractivity contribution in [2.24, 2.45) is 12.2 Å². The minimum Gasteiger partial charge on any atom is -0.411 e. The van der Waals surface area contributed by atoms with Gasteiger partial charge in [-0.1, -0.05) is 41.0 Å². The number of ether oxygens (including phenoxy) is 1. The van der Waals surface area contributed by atoms with Gasteiger partial charge in [0.1, 0.15) is 5.82 Å². The predicted molar refractivity (Wildman–Crippen MR) is 126 cm³/mol. The summed E-state index contributed by atoms with van der Waals surface area (Å²) in [5.74, 6) is -1.66. The van der Waals surface area contributed by atoms with Gasteiger partial charge >= 0.3 is 0 Å². The lowest BCUT2D eigenvalue weighted by atomic mass is 9.85. The molecule has 0 spiro atoms. The Balaban J connectivity index is 1.69. The number of amides is 1. The highest BCUT2D eigenvalue weighted by molar-refractivity contribution is 6.31. The van der Waals surface area contributed by atoms with Crippen LogP contribution in [-0.2, 0) is 11.8 Å². The third-order valence-corrected chi connectivity index (χ3v) is 6.18. The Kier molecular flexibility index (Phi) is 7.09. The summed E-state index contributed by atoms with van der Waals surface area (Å²) in [5.41, 5.74) is 1.84. The van der Waals surface area contributed by atoms with Crippen molar-refractivity contribution in [1.29, 1.82) is 0 Å². The third-order valence-electron chi connectivity index (χ3n) is 5.83. The van der Waals surface area contributed by atoms with E-state index in [9.17, 15) is 14.8 Å². The number of nitrogens with zero attached hydrogens (tertiary/aromatic N) is 2. The van der Waals surface area contributed by atoms with Crippen molar-refractivity contribution in [1.82, 2.24) is 9.88 Å². The first kappa shape index (κ1) is 23.7. The number of aryl methyl sites for hydroxylation is 1. The molecule has 34 heavy (non-hydrogen) atoms. The standard InChI is InChI=1S/C25H23ClFN3O4/c1-30-12-16(7-9-24(30)31)23(29-33)11-20(18-4-2-3-5-21(18)26)15-6-8-19(22(27)10-15)25(32)28-17-13-34-14-17/h2-10,12,17,20,33H,11,13-14H2,1H3,(H,28,32). The molecule has 1 atom stereocenters. The molecule has 3 aromatic rings. The molecule has 7 nitrogen and oxygen atoms in total. The van der Waals surface area contributed by atoms with Gasteiger partial charge < -0.3 is 19.8 Å². The van der Waals surface area contributed by atoms with Crippen LogP contribution in [-0.4, -0.2) is 40.6 Å². The number of nitrogens with one attached hydrogen (secondary N) is 1.